The van der Waals surface area contributed by atoms with Gasteiger partial charge in [-0.05, 0) is 55.8 Å². The number of imidazole rings is 1. The van der Waals surface area contributed by atoms with Crippen LogP contribution in [-0.2, 0) is 34.3 Å². The van der Waals surface area contributed by atoms with E-state index in [1.165, 1.54) is 0 Å². The number of anilines is 1. The minimum atomic E-state index is -0.853. The summed E-state index contributed by atoms with van der Waals surface area (Å²) >= 11 is 0. The molecule has 0 saturated carbocycles. The van der Waals surface area contributed by atoms with Crippen LogP contribution in [0.2, 0.25) is 0 Å². The highest BCUT2D eigenvalue weighted by Crippen LogP contribution is 2.39. The molecule has 2 fully saturated rings. The van der Waals surface area contributed by atoms with Crippen molar-refractivity contribution in [1.82, 2.24) is 29.6 Å². The number of likely N-dealkylation sites (tertiary alicyclic amines) is 1. The summed E-state index contributed by atoms with van der Waals surface area (Å²) in [5.74, 6) is 0.244. The average molecular weight is 659 g/mol. The van der Waals surface area contributed by atoms with E-state index in [2.05, 4.69) is 46.1 Å². The lowest BCUT2D eigenvalue weighted by Crippen LogP contribution is -2.60. The van der Waals surface area contributed by atoms with E-state index in [1.54, 1.807) is 24.5 Å². The fourth-order valence-corrected chi connectivity index (χ4v) is 6.87. The van der Waals surface area contributed by atoms with Crippen molar-refractivity contribution in [1.29, 1.82) is 0 Å². The number of rotatable bonds is 14. The number of nitrogens with zero attached hydrogens (tertiary/aromatic N) is 6. The van der Waals surface area contributed by atoms with Gasteiger partial charge in [0.2, 0.25) is 17.7 Å². The monoisotopic (exact) mass is 658 g/mol. The third kappa shape index (κ3) is 7.65. The van der Waals surface area contributed by atoms with Gasteiger partial charge in [-0.25, -0.2) is 4.98 Å². The first-order valence-electron chi connectivity index (χ1n) is 17.0. The van der Waals surface area contributed by atoms with Crippen LogP contribution in [0.25, 0.3) is 0 Å². The van der Waals surface area contributed by atoms with E-state index in [0.717, 1.165) is 36.6 Å². The number of carbonyl (C=O) groups excluding carboxylic acids is 3. The minimum absolute atomic E-state index is 0.120. The van der Waals surface area contributed by atoms with Crippen LogP contribution < -0.4 is 20.7 Å². The second-order valence-electron chi connectivity index (χ2n) is 12.8. The molecule has 12 heteroatoms. The largest absolute Gasteiger partial charge is 0.497 e. The summed E-state index contributed by atoms with van der Waals surface area (Å²) in [6.07, 6.45) is 4.93. The zero-order valence-corrected chi connectivity index (χ0v) is 28.7. The summed E-state index contributed by atoms with van der Waals surface area (Å²) in [5.41, 5.74) is 8.31. The average Bonchev–Trinajstić information content (AvgIpc) is 3.64. The smallest absolute Gasteiger partial charge is 0.250 e. The van der Waals surface area contributed by atoms with Crippen LogP contribution >= 0.6 is 0 Å². The van der Waals surface area contributed by atoms with Crippen molar-refractivity contribution in [3.63, 3.8) is 0 Å². The van der Waals surface area contributed by atoms with E-state index in [-0.39, 0.29) is 11.8 Å². The molecule has 2 saturated heterocycles. The fourth-order valence-electron chi connectivity index (χ4n) is 6.87. The molecule has 3 heterocycles. The molecule has 12 nitrogen and oxygen atoms in total. The van der Waals surface area contributed by atoms with Gasteiger partial charge in [-0.3, -0.25) is 14.4 Å². The number of methoxy groups -OCH3 is 1. The third-order valence-corrected chi connectivity index (χ3v) is 9.96. The molecule has 3 N–H and O–H groups in total. The van der Waals surface area contributed by atoms with Crippen LogP contribution in [-0.4, -0.2) is 113 Å². The van der Waals surface area contributed by atoms with E-state index < -0.39 is 23.5 Å². The number of benzene rings is 2. The molecule has 258 valence electrons. The molecule has 2 aliphatic heterocycles. The zero-order chi connectivity index (χ0) is 34.3. The topological polar surface area (TPSA) is 129 Å². The maximum atomic E-state index is 14.2. The minimum Gasteiger partial charge on any atom is -0.497 e. The summed E-state index contributed by atoms with van der Waals surface area (Å²) in [6.45, 7) is 8.93. The lowest BCUT2D eigenvalue weighted by Gasteiger charge is -2.44. The van der Waals surface area contributed by atoms with Gasteiger partial charge >= 0.3 is 0 Å². The van der Waals surface area contributed by atoms with Crippen LogP contribution in [0.3, 0.4) is 0 Å². The number of aryl methyl sites for hydroxylation is 1. The highest BCUT2D eigenvalue weighted by Gasteiger charge is 2.54. The van der Waals surface area contributed by atoms with Gasteiger partial charge in [-0.15, -0.1) is 0 Å². The Morgan fingerprint density at radius 2 is 1.73 bits per heavy atom. The Balaban J connectivity index is 1.33. The van der Waals surface area contributed by atoms with E-state index in [9.17, 15) is 14.4 Å². The Hall–Kier alpha value is -4.42. The molecule has 48 heavy (non-hydrogen) atoms. The summed E-state index contributed by atoms with van der Waals surface area (Å²) in [4.78, 5) is 54.2. The van der Waals surface area contributed by atoms with Gasteiger partial charge in [0.15, 0.2) is 0 Å². The Kier molecular flexibility index (Phi) is 11.4. The Morgan fingerprint density at radius 3 is 2.33 bits per heavy atom. The van der Waals surface area contributed by atoms with Crippen molar-refractivity contribution in [2.45, 2.75) is 57.2 Å². The number of nitrogens with one attached hydrogen (secondary N) is 1. The number of ether oxygens (including phenoxy) is 1. The van der Waals surface area contributed by atoms with Crippen molar-refractivity contribution in [3.8, 4) is 5.75 Å². The molecule has 0 unspecified atom stereocenters. The van der Waals surface area contributed by atoms with Gasteiger partial charge in [-0.1, -0.05) is 44.2 Å². The molecule has 2 aromatic carbocycles. The number of likely N-dealkylation sites (N-methyl/N-ethyl adjacent to an activating group) is 1. The number of aromatic nitrogens is 2. The molecule has 2 atom stereocenters. The predicted molar refractivity (Wildman–Crippen MR) is 185 cm³/mol. The van der Waals surface area contributed by atoms with Gasteiger partial charge in [0.25, 0.3) is 0 Å². The third-order valence-electron chi connectivity index (χ3n) is 9.96. The van der Waals surface area contributed by atoms with Crippen LogP contribution in [0.4, 0.5) is 5.69 Å². The molecule has 0 radical (unpaired) electrons. The number of para-hydroxylation sites is 1. The van der Waals surface area contributed by atoms with Gasteiger partial charge in [0.05, 0.1) is 26.1 Å². The van der Waals surface area contributed by atoms with E-state index in [4.69, 9.17) is 10.5 Å². The zero-order valence-electron chi connectivity index (χ0n) is 28.7. The first kappa shape index (κ1) is 34.9. The second kappa shape index (κ2) is 15.7. The molecule has 0 aliphatic carbocycles. The van der Waals surface area contributed by atoms with E-state index in [1.807, 2.05) is 59.0 Å². The maximum absolute atomic E-state index is 14.2. The Morgan fingerprint density at radius 1 is 1.04 bits per heavy atom. The number of carbonyl (C=O) groups is 3. The van der Waals surface area contributed by atoms with E-state index >= 15 is 0 Å². The summed E-state index contributed by atoms with van der Waals surface area (Å²) in [5, 5.41) is 2.97. The van der Waals surface area contributed by atoms with Crippen LogP contribution in [0.5, 0.6) is 5.75 Å². The molecule has 0 bridgehead atoms. The van der Waals surface area contributed by atoms with E-state index in [0.29, 0.717) is 57.7 Å². The predicted octanol–water partition coefficient (Wildman–Crippen LogP) is 2.04. The number of hydrogen-bond donors (Lipinski definition) is 2. The standard InChI is InChI=1S/C36H50N8O4/c1-5-41(6-2)20-21-43-26-44(28-10-8-7-9-11-28)36(35(43)47)16-18-42(19-17-36)34(46)32(22-27-12-14-30(48-4)15-13-27)39-33(45)31(37)23-29-24-38-25-40(29)3/h7-15,24-25,31-32H,5-6,16-23,26,37H2,1-4H3,(H,39,45)/t31-,32+/m0/s1. The summed E-state index contributed by atoms with van der Waals surface area (Å²) in [6, 6.07) is 15.9. The summed E-state index contributed by atoms with van der Waals surface area (Å²) < 4.78 is 7.13. The number of piperidine rings is 1. The SMILES string of the molecule is CCN(CC)CCN1CN(c2ccccc2)C2(CCN(C(=O)[C@@H](Cc3ccc(OC)cc3)NC(=O)[C@@H](N)Cc3cncn3C)CC2)C1=O. The highest BCUT2D eigenvalue weighted by atomic mass is 16.5. The maximum Gasteiger partial charge on any atom is 0.250 e. The first-order chi connectivity index (χ1) is 23.2. The lowest BCUT2D eigenvalue weighted by molar-refractivity contribution is -0.141. The van der Waals surface area contributed by atoms with Crippen molar-refractivity contribution >= 4 is 23.4 Å². The van der Waals surface area contributed by atoms with Crippen LogP contribution in [0.1, 0.15) is 37.9 Å². The number of nitrogens with two attached hydrogens (primary N) is 1. The quantitative estimate of drug-likeness (QED) is 0.269. The number of amides is 3. The molecule has 3 aromatic rings. The molecular formula is C36H50N8O4. The second-order valence-corrected chi connectivity index (χ2v) is 12.8. The van der Waals surface area contributed by atoms with Crippen molar-refractivity contribution < 1.29 is 19.1 Å². The fraction of sp³-hybridized carbons (Fsp3) is 0.500. The van der Waals surface area contributed by atoms with Crippen molar-refractivity contribution in [2.24, 2.45) is 12.8 Å². The van der Waals surface area contributed by atoms with Crippen LogP contribution in [0.15, 0.2) is 67.1 Å². The normalized spacial score (nSPS) is 17.2. The number of hydrogen-bond acceptors (Lipinski definition) is 8. The van der Waals surface area contributed by atoms with Gasteiger partial charge in [0.1, 0.15) is 17.3 Å². The lowest BCUT2D eigenvalue weighted by atomic mass is 9.85. The highest BCUT2D eigenvalue weighted by molar-refractivity contribution is 5.94. The molecular weight excluding hydrogens is 608 g/mol. The Bertz CT molecular complexity index is 1520. The van der Waals surface area contributed by atoms with Gasteiger partial charge in [0, 0.05) is 63.6 Å². The van der Waals surface area contributed by atoms with Crippen LogP contribution in [0, 0.1) is 0 Å². The summed E-state index contributed by atoms with van der Waals surface area (Å²) in [7, 11) is 3.46. The first-order valence-corrected chi connectivity index (χ1v) is 17.0. The molecule has 1 spiro atoms. The van der Waals surface area contributed by atoms with Crippen molar-refractivity contribution in [3.05, 3.63) is 78.4 Å². The molecule has 1 aromatic heterocycles. The molecule has 2 aliphatic rings. The molecule has 3 amide bonds. The van der Waals surface area contributed by atoms with Gasteiger partial charge < -0.3 is 40.0 Å². The van der Waals surface area contributed by atoms with Crippen molar-refractivity contribution in [2.75, 3.05) is 57.9 Å². The Labute approximate surface area is 283 Å². The molecule has 5 rings (SSSR count). The van der Waals surface area contributed by atoms with Gasteiger partial charge in [-0.2, -0.15) is 0 Å².